The van der Waals surface area contributed by atoms with E-state index in [1.54, 1.807) is 0 Å². The highest BCUT2D eigenvalue weighted by molar-refractivity contribution is 5.79. The fraction of sp³-hybridized carbons (Fsp3) is 0.350. The monoisotopic (exact) mass is 324 g/mol. The van der Waals surface area contributed by atoms with Crippen LogP contribution in [-0.2, 0) is 17.8 Å². The van der Waals surface area contributed by atoms with Gasteiger partial charge in [0.2, 0.25) is 5.91 Å². The molecule has 1 fully saturated rings. The highest BCUT2D eigenvalue weighted by Gasteiger charge is 2.21. The summed E-state index contributed by atoms with van der Waals surface area (Å²) in [6.07, 6.45) is 1.78. The molecule has 24 heavy (non-hydrogen) atoms. The predicted molar refractivity (Wildman–Crippen MR) is 94.9 cm³/mol. The molecule has 2 N–H and O–H groups in total. The minimum absolute atomic E-state index is 0.138. The first-order chi connectivity index (χ1) is 11.8. The average Bonchev–Trinajstić information content (AvgIpc) is 3.17. The highest BCUT2D eigenvalue weighted by Crippen LogP contribution is 2.14. The fourth-order valence-electron chi connectivity index (χ4n) is 2.85. The largest absolute Gasteiger partial charge is 0.489 e. The summed E-state index contributed by atoms with van der Waals surface area (Å²) in [6, 6.07) is 18.2. The van der Waals surface area contributed by atoms with Gasteiger partial charge in [-0.25, -0.2) is 0 Å². The molecule has 0 unspecified atom stereocenters. The first-order valence-electron chi connectivity index (χ1n) is 8.55. The Kier molecular flexibility index (Phi) is 5.85. The van der Waals surface area contributed by atoms with Crippen molar-refractivity contribution < 1.29 is 9.53 Å². The van der Waals surface area contributed by atoms with E-state index >= 15 is 0 Å². The summed E-state index contributed by atoms with van der Waals surface area (Å²) in [5.74, 6) is 1.17. The molecular formula is C20H24N2O2. The van der Waals surface area contributed by atoms with Gasteiger partial charge in [0.15, 0.2) is 0 Å². The van der Waals surface area contributed by atoms with Crippen molar-refractivity contribution in [2.45, 2.75) is 19.4 Å². The summed E-state index contributed by atoms with van der Waals surface area (Å²) >= 11 is 0. The predicted octanol–water partition coefficient (Wildman–Crippen LogP) is 2.53. The van der Waals surface area contributed by atoms with Gasteiger partial charge in [0.05, 0.1) is 5.92 Å². The zero-order valence-electron chi connectivity index (χ0n) is 13.8. The normalized spacial score (nSPS) is 16.8. The van der Waals surface area contributed by atoms with Gasteiger partial charge in [-0.15, -0.1) is 0 Å². The quantitative estimate of drug-likeness (QED) is 0.823. The molecule has 1 aliphatic heterocycles. The van der Waals surface area contributed by atoms with Crippen LogP contribution in [0.1, 0.15) is 17.5 Å². The van der Waals surface area contributed by atoms with E-state index in [1.165, 1.54) is 5.56 Å². The summed E-state index contributed by atoms with van der Waals surface area (Å²) < 4.78 is 5.78. The van der Waals surface area contributed by atoms with Crippen molar-refractivity contribution in [1.29, 1.82) is 0 Å². The van der Waals surface area contributed by atoms with E-state index in [2.05, 4.69) is 34.9 Å². The van der Waals surface area contributed by atoms with Gasteiger partial charge in [0, 0.05) is 13.1 Å². The second-order valence-electron chi connectivity index (χ2n) is 6.15. The van der Waals surface area contributed by atoms with E-state index in [0.717, 1.165) is 37.2 Å². The smallest absolute Gasteiger partial charge is 0.224 e. The summed E-state index contributed by atoms with van der Waals surface area (Å²) in [5.41, 5.74) is 2.36. The Morgan fingerprint density at radius 3 is 2.58 bits per heavy atom. The summed E-state index contributed by atoms with van der Waals surface area (Å²) in [6.45, 7) is 3.01. The summed E-state index contributed by atoms with van der Waals surface area (Å²) in [5, 5.41) is 6.24. The van der Waals surface area contributed by atoms with Gasteiger partial charge >= 0.3 is 0 Å². The molecule has 1 saturated heterocycles. The third-order valence-corrected chi connectivity index (χ3v) is 4.32. The van der Waals surface area contributed by atoms with E-state index < -0.39 is 0 Å². The first kappa shape index (κ1) is 16.5. The van der Waals surface area contributed by atoms with Crippen LogP contribution in [0.4, 0.5) is 0 Å². The molecule has 3 rings (SSSR count). The van der Waals surface area contributed by atoms with Crippen molar-refractivity contribution in [3.05, 3.63) is 65.7 Å². The SMILES string of the molecule is O=C(NCCc1ccc(OCc2ccccc2)cc1)[C@H]1CCNC1. The molecule has 1 amide bonds. The van der Waals surface area contributed by atoms with E-state index in [1.807, 2.05) is 30.3 Å². The Morgan fingerprint density at radius 1 is 1.08 bits per heavy atom. The van der Waals surface area contributed by atoms with Gasteiger partial charge in [-0.1, -0.05) is 42.5 Å². The van der Waals surface area contributed by atoms with Crippen molar-refractivity contribution in [3.8, 4) is 5.75 Å². The van der Waals surface area contributed by atoms with Crippen LogP contribution in [0.5, 0.6) is 5.75 Å². The van der Waals surface area contributed by atoms with Crippen LogP contribution in [-0.4, -0.2) is 25.5 Å². The Morgan fingerprint density at radius 2 is 1.88 bits per heavy atom. The molecule has 0 spiro atoms. The minimum Gasteiger partial charge on any atom is -0.489 e. The van der Waals surface area contributed by atoms with Gasteiger partial charge < -0.3 is 15.4 Å². The average molecular weight is 324 g/mol. The number of carbonyl (C=O) groups is 1. The molecule has 2 aromatic carbocycles. The molecule has 4 heteroatoms. The lowest BCUT2D eigenvalue weighted by Crippen LogP contribution is -2.33. The van der Waals surface area contributed by atoms with Gasteiger partial charge in [-0.2, -0.15) is 0 Å². The zero-order chi connectivity index (χ0) is 16.6. The van der Waals surface area contributed by atoms with E-state index in [0.29, 0.717) is 13.2 Å². The highest BCUT2D eigenvalue weighted by atomic mass is 16.5. The second-order valence-corrected chi connectivity index (χ2v) is 6.15. The number of hydrogen-bond acceptors (Lipinski definition) is 3. The van der Waals surface area contributed by atoms with Crippen molar-refractivity contribution in [2.24, 2.45) is 5.92 Å². The number of ether oxygens (including phenoxy) is 1. The van der Waals surface area contributed by atoms with Crippen LogP contribution in [0.25, 0.3) is 0 Å². The number of rotatable bonds is 7. The van der Waals surface area contributed by atoms with Crippen molar-refractivity contribution in [2.75, 3.05) is 19.6 Å². The molecule has 1 atom stereocenters. The lowest BCUT2D eigenvalue weighted by Gasteiger charge is -2.10. The fourth-order valence-corrected chi connectivity index (χ4v) is 2.85. The van der Waals surface area contributed by atoms with Gasteiger partial charge in [0.25, 0.3) is 0 Å². The number of amides is 1. The summed E-state index contributed by atoms with van der Waals surface area (Å²) in [7, 11) is 0. The van der Waals surface area contributed by atoms with Crippen LogP contribution in [0.2, 0.25) is 0 Å². The van der Waals surface area contributed by atoms with E-state index in [-0.39, 0.29) is 11.8 Å². The third-order valence-electron chi connectivity index (χ3n) is 4.32. The minimum atomic E-state index is 0.138. The molecule has 126 valence electrons. The molecule has 0 saturated carbocycles. The number of hydrogen-bond donors (Lipinski definition) is 2. The first-order valence-corrected chi connectivity index (χ1v) is 8.55. The molecule has 0 aromatic heterocycles. The van der Waals surface area contributed by atoms with Gasteiger partial charge in [-0.3, -0.25) is 4.79 Å². The summed E-state index contributed by atoms with van der Waals surface area (Å²) in [4.78, 5) is 11.9. The standard InChI is InChI=1S/C20H24N2O2/c23-20(18-11-12-21-14-18)22-13-10-16-6-8-19(9-7-16)24-15-17-4-2-1-3-5-17/h1-9,18,21H,10-15H2,(H,22,23)/t18-/m0/s1. The molecule has 0 bridgehead atoms. The zero-order valence-corrected chi connectivity index (χ0v) is 13.8. The van der Waals surface area contributed by atoms with Gasteiger partial charge in [0.1, 0.15) is 12.4 Å². The van der Waals surface area contributed by atoms with E-state index in [4.69, 9.17) is 4.74 Å². The lowest BCUT2D eigenvalue weighted by atomic mass is 10.1. The molecule has 1 aliphatic rings. The molecule has 1 heterocycles. The molecule has 2 aromatic rings. The van der Waals surface area contributed by atoms with E-state index in [9.17, 15) is 4.79 Å². The van der Waals surface area contributed by atoms with Gasteiger partial charge in [-0.05, 0) is 42.6 Å². The second kappa shape index (κ2) is 8.50. The maximum atomic E-state index is 11.9. The Hall–Kier alpha value is -2.33. The Labute approximate surface area is 143 Å². The van der Waals surface area contributed by atoms with Crippen LogP contribution in [0.3, 0.4) is 0 Å². The topological polar surface area (TPSA) is 50.4 Å². The number of nitrogens with one attached hydrogen (secondary N) is 2. The van der Waals surface area contributed by atoms with Crippen molar-refractivity contribution in [1.82, 2.24) is 10.6 Å². The van der Waals surface area contributed by atoms with Crippen LogP contribution in [0.15, 0.2) is 54.6 Å². The molecular weight excluding hydrogens is 300 g/mol. The third kappa shape index (κ3) is 4.83. The van der Waals surface area contributed by atoms with Crippen LogP contribution < -0.4 is 15.4 Å². The lowest BCUT2D eigenvalue weighted by molar-refractivity contribution is -0.124. The molecule has 0 aliphatic carbocycles. The Bertz CT molecular complexity index is 634. The molecule has 0 radical (unpaired) electrons. The number of benzene rings is 2. The van der Waals surface area contributed by atoms with Crippen LogP contribution in [0, 0.1) is 5.92 Å². The van der Waals surface area contributed by atoms with Crippen molar-refractivity contribution in [3.63, 3.8) is 0 Å². The maximum absolute atomic E-state index is 11.9. The maximum Gasteiger partial charge on any atom is 0.224 e. The Balaban J connectivity index is 1.40. The van der Waals surface area contributed by atoms with Crippen LogP contribution >= 0.6 is 0 Å². The number of carbonyl (C=O) groups excluding carboxylic acids is 1. The molecule has 4 nitrogen and oxygen atoms in total. The van der Waals surface area contributed by atoms with Crippen molar-refractivity contribution >= 4 is 5.91 Å².